The van der Waals surface area contributed by atoms with Gasteiger partial charge in [-0.15, -0.1) is 0 Å². The molecular formula is C14H20BrN3. The number of pyridine rings is 1. The molecule has 3 nitrogen and oxygen atoms in total. The molecule has 1 unspecified atom stereocenters. The number of halogens is 1. The van der Waals surface area contributed by atoms with E-state index in [0.29, 0.717) is 0 Å². The SMILES string of the molecule is BrCc1cccnc1N1CCN2CCCCC2C1. The Hall–Kier alpha value is -0.610. The summed E-state index contributed by atoms with van der Waals surface area (Å²) in [5.41, 5.74) is 1.31. The van der Waals surface area contributed by atoms with Crippen LogP contribution in [0, 0.1) is 0 Å². The largest absolute Gasteiger partial charge is 0.354 e. The van der Waals surface area contributed by atoms with Crippen LogP contribution in [0.15, 0.2) is 18.3 Å². The number of fused-ring (bicyclic) bond motifs is 1. The maximum absolute atomic E-state index is 4.59. The lowest BCUT2D eigenvalue weighted by atomic mass is 9.99. The van der Waals surface area contributed by atoms with E-state index in [4.69, 9.17) is 0 Å². The lowest BCUT2D eigenvalue weighted by molar-refractivity contribution is 0.133. The number of hydrogen-bond acceptors (Lipinski definition) is 3. The third-order valence-electron chi connectivity index (χ3n) is 4.15. The van der Waals surface area contributed by atoms with Gasteiger partial charge in [0.25, 0.3) is 0 Å². The molecule has 1 aromatic heterocycles. The molecule has 0 aromatic carbocycles. The van der Waals surface area contributed by atoms with Crippen molar-refractivity contribution in [2.45, 2.75) is 30.6 Å². The monoisotopic (exact) mass is 309 g/mol. The fourth-order valence-corrected chi connectivity index (χ4v) is 3.61. The maximum Gasteiger partial charge on any atom is 0.132 e. The predicted molar refractivity (Wildman–Crippen MR) is 78.3 cm³/mol. The molecule has 2 aliphatic rings. The van der Waals surface area contributed by atoms with Crippen molar-refractivity contribution in [2.75, 3.05) is 31.1 Å². The fourth-order valence-electron chi connectivity index (χ4n) is 3.17. The molecule has 0 radical (unpaired) electrons. The second kappa shape index (κ2) is 5.57. The first kappa shape index (κ1) is 12.4. The summed E-state index contributed by atoms with van der Waals surface area (Å²) in [5.74, 6) is 1.18. The highest BCUT2D eigenvalue weighted by molar-refractivity contribution is 9.08. The summed E-state index contributed by atoms with van der Waals surface area (Å²) in [6, 6.07) is 4.94. The van der Waals surface area contributed by atoms with Crippen LogP contribution in [0.4, 0.5) is 5.82 Å². The number of nitrogens with zero attached hydrogens (tertiary/aromatic N) is 3. The Kier molecular flexibility index (Phi) is 3.85. The molecule has 2 fully saturated rings. The average molecular weight is 310 g/mol. The number of aromatic nitrogens is 1. The van der Waals surface area contributed by atoms with Crippen molar-refractivity contribution < 1.29 is 0 Å². The molecule has 1 atom stereocenters. The normalized spacial score (nSPS) is 24.9. The van der Waals surface area contributed by atoms with Gasteiger partial charge in [-0.1, -0.05) is 28.4 Å². The van der Waals surface area contributed by atoms with Gasteiger partial charge >= 0.3 is 0 Å². The molecule has 3 heterocycles. The second-order valence-electron chi connectivity index (χ2n) is 5.25. The summed E-state index contributed by atoms with van der Waals surface area (Å²) in [6.45, 7) is 4.76. The highest BCUT2D eigenvalue weighted by Gasteiger charge is 2.29. The molecule has 2 aliphatic heterocycles. The number of rotatable bonds is 2. The van der Waals surface area contributed by atoms with Crippen LogP contribution in [-0.2, 0) is 5.33 Å². The van der Waals surface area contributed by atoms with Gasteiger partial charge in [0.05, 0.1) is 0 Å². The number of piperidine rings is 1. The van der Waals surface area contributed by atoms with Crippen LogP contribution in [0.1, 0.15) is 24.8 Å². The summed E-state index contributed by atoms with van der Waals surface area (Å²) < 4.78 is 0. The minimum Gasteiger partial charge on any atom is -0.354 e. The zero-order chi connectivity index (χ0) is 12.4. The van der Waals surface area contributed by atoms with Gasteiger partial charge in [-0.25, -0.2) is 4.98 Å². The Morgan fingerprint density at radius 2 is 2.22 bits per heavy atom. The third kappa shape index (κ3) is 2.41. The van der Waals surface area contributed by atoms with Crippen molar-refractivity contribution in [1.29, 1.82) is 0 Å². The van der Waals surface area contributed by atoms with E-state index in [-0.39, 0.29) is 0 Å². The fraction of sp³-hybridized carbons (Fsp3) is 0.643. The van der Waals surface area contributed by atoms with Gasteiger partial charge in [0.15, 0.2) is 0 Å². The van der Waals surface area contributed by atoms with Crippen LogP contribution < -0.4 is 4.90 Å². The van der Waals surface area contributed by atoms with Crippen molar-refractivity contribution in [2.24, 2.45) is 0 Å². The van der Waals surface area contributed by atoms with Gasteiger partial charge < -0.3 is 4.90 Å². The smallest absolute Gasteiger partial charge is 0.132 e. The van der Waals surface area contributed by atoms with Crippen LogP contribution in [0.25, 0.3) is 0 Å². The van der Waals surface area contributed by atoms with Gasteiger partial charge in [0.2, 0.25) is 0 Å². The van der Waals surface area contributed by atoms with Crippen molar-refractivity contribution >= 4 is 21.7 Å². The van der Waals surface area contributed by atoms with Gasteiger partial charge in [-0.2, -0.15) is 0 Å². The topological polar surface area (TPSA) is 19.4 Å². The summed E-state index contributed by atoms with van der Waals surface area (Å²) in [6.07, 6.45) is 6.04. The molecule has 98 valence electrons. The standard InChI is InChI=1S/C14H20BrN3/c15-10-12-4-3-6-16-14(12)18-9-8-17-7-2-1-5-13(17)11-18/h3-4,6,13H,1-2,5,7-11H2. The third-order valence-corrected chi connectivity index (χ3v) is 4.75. The van der Waals surface area contributed by atoms with Crippen LogP contribution in [0.2, 0.25) is 0 Å². The Bertz CT molecular complexity index is 410. The minimum atomic E-state index is 0.748. The van der Waals surface area contributed by atoms with E-state index < -0.39 is 0 Å². The Balaban J connectivity index is 1.77. The Morgan fingerprint density at radius 3 is 3.11 bits per heavy atom. The molecule has 0 aliphatic carbocycles. The van der Waals surface area contributed by atoms with E-state index >= 15 is 0 Å². The van der Waals surface area contributed by atoms with Gasteiger partial charge in [0.1, 0.15) is 5.82 Å². The molecule has 4 heteroatoms. The number of anilines is 1. The first-order chi connectivity index (χ1) is 8.88. The highest BCUT2D eigenvalue weighted by atomic mass is 79.9. The van der Waals surface area contributed by atoms with E-state index in [0.717, 1.165) is 24.5 Å². The molecule has 0 saturated carbocycles. The zero-order valence-electron chi connectivity index (χ0n) is 10.7. The van der Waals surface area contributed by atoms with E-state index in [1.54, 1.807) is 0 Å². The molecule has 18 heavy (non-hydrogen) atoms. The van der Waals surface area contributed by atoms with E-state index in [2.05, 4.69) is 36.8 Å². The highest BCUT2D eigenvalue weighted by Crippen LogP contribution is 2.26. The van der Waals surface area contributed by atoms with Crippen molar-refractivity contribution in [3.8, 4) is 0 Å². The molecule has 0 bridgehead atoms. The number of alkyl halides is 1. The summed E-state index contributed by atoms with van der Waals surface area (Å²) in [7, 11) is 0. The lowest BCUT2D eigenvalue weighted by Gasteiger charge is -2.44. The van der Waals surface area contributed by atoms with E-state index in [9.17, 15) is 0 Å². The molecule has 0 N–H and O–H groups in total. The van der Waals surface area contributed by atoms with Gasteiger partial charge in [-0.05, 0) is 25.5 Å². The van der Waals surface area contributed by atoms with E-state index in [1.807, 2.05) is 12.3 Å². The number of piperazine rings is 1. The summed E-state index contributed by atoms with van der Waals surface area (Å²) >= 11 is 3.57. The van der Waals surface area contributed by atoms with Crippen LogP contribution in [0.5, 0.6) is 0 Å². The zero-order valence-corrected chi connectivity index (χ0v) is 12.3. The maximum atomic E-state index is 4.59. The molecule has 1 aromatic rings. The predicted octanol–water partition coefficient (Wildman–Crippen LogP) is 2.65. The van der Waals surface area contributed by atoms with Crippen molar-refractivity contribution in [3.63, 3.8) is 0 Å². The Morgan fingerprint density at radius 1 is 1.28 bits per heavy atom. The number of hydrogen-bond donors (Lipinski definition) is 0. The molecular weight excluding hydrogens is 290 g/mol. The van der Waals surface area contributed by atoms with Crippen LogP contribution in [0.3, 0.4) is 0 Å². The second-order valence-corrected chi connectivity index (χ2v) is 5.81. The Labute approximate surface area is 117 Å². The molecule has 2 saturated heterocycles. The lowest BCUT2D eigenvalue weighted by Crippen LogP contribution is -2.55. The van der Waals surface area contributed by atoms with E-state index in [1.165, 1.54) is 43.7 Å². The van der Waals surface area contributed by atoms with Gasteiger partial charge in [0, 0.05) is 42.8 Å². The first-order valence-corrected chi connectivity index (χ1v) is 7.99. The molecule has 0 amide bonds. The van der Waals surface area contributed by atoms with Crippen LogP contribution >= 0.6 is 15.9 Å². The quantitative estimate of drug-likeness (QED) is 0.783. The summed E-state index contributed by atoms with van der Waals surface area (Å²) in [5, 5.41) is 0.890. The van der Waals surface area contributed by atoms with Crippen molar-refractivity contribution in [3.05, 3.63) is 23.9 Å². The van der Waals surface area contributed by atoms with Gasteiger partial charge in [-0.3, -0.25) is 4.90 Å². The summed E-state index contributed by atoms with van der Waals surface area (Å²) in [4.78, 5) is 9.73. The molecule has 0 spiro atoms. The minimum absolute atomic E-state index is 0.748. The molecule has 3 rings (SSSR count). The van der Waals surface area contributed by atoms with Crippen molar-refractivity contribution in [1.82, 2.24) is 9.88 Å². The average Bonchev–Trinajstić information content (AvgIpc) is 2.46. The first-order valence-electron chi connectivity index (χ1n) is 6.87. The van der Waals surface area contributed by atoms with Crippen LogP contribution in [-0.4, -0.2) is 42.1 Å².